The number of hydrogen-bond acceptors (Lipinski definition) is 1. The topological polar surface area (TPSA) is 9.23 Å². The molecule has 0 bridgehead atoms. The Bertz CT molecular complexity index is 64.5. The predicted octanol–water partition coefficient (Wildman–Crippen LogP) is -2.13. The molecule has 0 fully saturated rings. The Morgan fingerprint density at radius 3 is 1.89 bits per heavy atom. The van der Waals surface area contributed by atoms with Gasteiger partial charge in [-0.1, -0.05) is 0 Å². The van der Waals surface area contributed by atoms with Gasteiger partial charge in [-0.3, -0.25) is 4.29 Å². The molecule has 0 aliphatic rings. The zero-order chi connectivity index (χ0) is 6.62. The summed E-state index contributed by atoms with van der Waals surface area (Å²) in [5.41, 5.74) is 0. The van der Waals surface area contributed by atoms with Gasteiger partial charge in [-0.15, -0.1) is 0 Å². The molecule has 0 aromatic rings. The average Bonchev–Trinajstić information content (AvgIpc) is 1.59. The van der Waals surface area contributed by atoms with Crippen LogP contribution in [0.2, 0.25) is 0 Å². The number of quaternary nitrogens is 1. The number of hydrogen-bond donors (Lipinski definition) is 0. The lowest BCUT2D eigenvalue weighted by molar-refractivity contribution is -0.870. The van der Waals surface area contributed by atoms with Gasteiger partial charge in [0, 0.05) is 0 Å². The van der Waals surface area contributed by atoms with Crippen molar-refractivity contribution in [1.82, 2.24) is 0 Å². The highest BCUT2D eigenvalue weighted by atomic mass is 79.9. The van der Waals surface area contributed by atoms with Crippen LogP contribution in [0.4, 0.5) is 0 Å². The summed E-state index contributed by atoms with van der Waals surface area (Å²) in [6.45, 7) is 1.56. The number of nitrogens with zero attached hydrogens (tertiary/aromatic N) is 1. The first-order valence-corrected chi connectivity index (χ1v) is 2.91. The minimum absolute atomic E-state index is 0. The largest absolute Gasteiger partial charge is 1.00 e. The molecule has 0 saturated carbocycles. The van der Waals surface area contributed by atoms with Crippen LogP contribution >= 0.6 is 11.9 Å². The minimum atomic E-state index is 0. The summed E-state index contributed by atoms with van der Waals surface area (Å²) >= 11 is 5.00. The fourth-order valence-electron chi connectivity index (χ4n) is 0.308. The van der Waals surface area contributed by atoms with Crippen LogP contribution in [0.1, 0.15) is 0 Å². The standard InChI is InChI=1S/C5H13ClNO.BrH/c1-7(2,3)4-5-8-6;/h4-5H2,1-3H3;1H/q+1;/p-1. The van der Waals surface area contributed by atoms with E-state index < -0.39 is 0 Å². The Morgan fingerprint density at radius 2 is 1.78 bits per heavy atom. The molecule has 0 amide bonds. The van der Waals surface area contributed by atoms with Gasteiger partial charge < -0.3 is 21.5 Å². The summed E-state index contributed by atoms with van der Waals surface area (Å²) < 4.78 is 5.27. The SMILES string of the molecule is C[N+](C)(C)CCOCl.[Br-]. The maximum absolute atomic E-state index is 5.00. The monoisotopic (exact) mass is 217 g/mol. The Morgan fingerprint density at radius 1 is 1.33 bits per heavy atom. The quantitative estimate of drug-likeness (QED) is 0.492. The molecule has 0 spiro atoms. The van der Waals surface area contributed by atoms with Gasteiger partial charge in [0.2, 0.25) is 0 Å². The second kappa shape index (κ2) is 5.47. The molecule has 58 valence electrons. The van der Waals surface area contributed by atoms with Crippen molar-refractivity contribution in [1.29, 1.82) is 0 Å². The van der Waals surface area contributed by atoms with Crippen LogP contribution in [0.15, 0.2) is 0 Å². The van der Waals surface area contributed by atoms with E-state index in [0.717, 1.165) is 11.0 Å². The summed E-state index contributed by atoms with van der Waals surface area (Å²) in [5.74, 6) is 0. The van der Waals surface area contributed by atoms with Gasteiger partial charge in [0.05, 0.1) is 33.0 Å². The van der Waals surface area contributed by atoms with Crippen LogP contribution in [-0.4, -0.2) is 38.8 Å². The van der Waals surface area contributed by atoms with Crippen molar-refractivity contribution < 1.29 is 25.8 Å². The molecule has 0 rings (SSSR count). The Labute approximate surface area is 72.3 Å². The summed E-state index contributed by atoms with van der Waals surface area (Å²) in [6.07, 6.45) is 0. The lowest BCUT2D eigenvalue weighted by Crippen LogP contribution is -3.00. The third kappa shape index (κ3) is 12.0. The smallest absolute Gasteiger partial charge is 0.117 e. The molecule has 0 aromatic heterocycles. The van der Waals surface area contributed by atoms with Crippen LogP contribution in [0.3, 0.4) is 0 Å². The van der Waals surface area contributed by atoms with Gasteiger partial charge in [0.25, 0.3) is 0 Å². The van der Waals surface area contributed by atoms with Gasteiger partial charge in [-0.05, 0) is 0 Å². The van der Waals surface area contributed by atoms with Gasteiger partial charge in [-0.2, -0.15) is 0 Å². The van der Waals surface area contributed by atoms with E-state index in [1.165, 1.54) is 0 Å². The highest BCUT2D eigenvalue weighted by molar-refractivity contribution is 6.07. The molecule has 0 heterocycles. The van der Waals surface area contributed by atoms with Crippen LogP contribution < -0.4 is 17.0 Å². The molecule has 0 atom stereocenters. The third-order valence-electron chi connectivity index (χ3n) is 0.839. The fraction of sp³-hybridized carbons (Fsp3) is 1.00. The normalized spacial score (nSPS) is 10.7. The number of halogens is 2. The number of rotatable bonds is 3. The summed E-state index contributed by atoms with van der Waals surface area (Å²) in [6, 6.07) is 0. The van der Waals surface area contributed by atoms with E-state index in [0.29, 0.717) is 6.61 Å². The van der Waals surface area contributed by atoms with Crippen LogP contribution in [-0.2, 0) is 4.29 Å². The fourth-order valence-corrected chi connectivity index (χ4v) is 0.377. The van der Waals surface area contributed by atoms with Gasteiger partial charge >= 0.3 is 0 Å². The van der Waals surface area contributed by atoms with Crippen LogP contribution in [0.5, 0.6) is 0 Å². The molecular formula is C5H13BrClNO. The Hall–Kier alpha value is 0.690. The Kier molecular flexibility index (Phi) is 7.52. The molecule has 0 aliphatic carbocycles. The predicted molar refractivity (Wildman–Crippen MR) is 34.7 cm³/mol. The van der Waals surface area contributed by atoms with Gasteiger partial charge in [-0.25, -0.2) is 0 Å². The summed E-state index contributed by atoms with van der Waals surface area (Å²) in [5, 5.41) is 0. The lowest BCUT2D eigenvalue weighted by atomic mass is 10.5. The Balaban J connectivity index is 0. The van der Waals surface area contributed by atoms with Crippen molar-refractivity contribution in [2.45, 2.75) is 0 Å². The molecule has 2 nitrogen and oxygen atoms in total. The van der Waals surface area contributed by atoms with E-state index in [-0.39, 0.29) is 17.0 Å². The molecule has 0 unspecified atom stereocenters. The van der Waals surface area contributed by atoms with E-state index in [4.69, 9.17) is 11.9 Å². The van der Waals surface area contributed by atoms with Crippen LogP contribution in [0, 0.1) is 0 Å². The maximum Gasteiger partial charge on any atom is 0.117 e. The molecule has 9 heavy (non-hydrogen) atoms. The molecular weight excluding hydrogens is 205 g/mol. The highest BCUT2D eigenvalue weighted by Crippen LogP contribution is 1.89. The number of likely N-dealkylation sites (N-methyl/N-ethyl adjacent to an activating group) is 1. The van der Waals surface area contributed by atoms with Crippen molar-refractivity contribution in [3.8, 4) is 0 Å². The molecule has 0 saturated heterocycles. The summed E-state index contributed by atoms with van der Waals surface area (Å²) in [4.78, 5) is 0. The van der Waals surface area contributed by atoms with E-state index >= 15 is 0 Å². The minimum Gasteiger partial charge on any atom is -1.00 e. The first kappa shape index (κ1) is 12.4. The third-order valence-corrected chi connectivity index (χ3v) is 0.994. The molecule has 0 N–H and O–H groups in total. The summed E-state index contributed by atoms with van der Waals surface area (Å²) in [7, 11) is 6.28. The molecule has 4 heteroatoms. The molecule has 0 radical (unpaired) electrons. The first-order valence-electron chi connectivity index (χ1n) is 2.60. The zero-order valence-corrected chi connectivity index (χ0v) is 8.37. The highest BCUT2D eigenvalue weighted by Gasteiger charge is 2.04. The molecule has 0 aromatic carbocycles. The second-order valence-electron chi connectivity index (χ2n) is 2.83. The average molecular weight is 219 g/mol. The van der Waals surface area contributed by atoms with Gasteiger partial charge in [0.15, 0.2) is 0 Å². The van der Waals surface area contributed by atoms with Crippen molar-refractivity contribution in [2.75, 3.05) is 34.3 Å². The van der Waals surface area contributed by atoms with E-state index in [9.17, 15) is 0 Å². The van der Waals surface area contributed by atoms with E-state index in [1.807, 2.05) is 0 Å². The molecule has 0 aliphatic heterocycles. The van der Waals surface area contributed by atoms with Crippen molar-refractivity contribution in [3.05, 3.63) is 0 Å². The van der Waals surface area contributed by atoms with E-state index in [2.05, 4.69) is 25.4 Å². The zero-order valence-electron chi connectivity index (χ0n) is 6.03. The van der Waals surface area contributed by atoms with E-state index in [1.54, 1.807) is 0 Å². The first-order chi connectivity index (χ1) is 3.56. The van der Waals surface area contributed by atoms with Crippen LogP contribution in [0.25, 0.3) is 0 Å². The maximum atomic E-state index is 5.00. The van der Waals surface area contributed by atoms with Gasteiger partial charge in [0.1, 0.15) is 13.2 Å². The second-order valence-corrected chi connectivity index (χ2v) is 3.05. The lowest BCUT2D eigenvalue weighted by Gasteiger charge is -2.22. The van der Waals surface area contributed by atoms with Crippen molar-refractivity contribution in [3.63, 3.8) is 0 Å². The van der Waals surface area contributed by atoms with Crippen molar-refractivity contribution >= 4 is 11.9 Å². The van der Waals surface area contributed by atoms with Crippen molar-refractivity contribution in [2.24, 2.45) is 0 Å².